The topological polar surface area (TPSA) is 622 Å². The molecule has 426 valence electrons. The van der Waals surface area contributed by atoms with E-state index in [1.807, 2.05) is 21.3 Å². The first-order valence-electron chi connectivity index (χ1n) is 22.6. The molecule has 0 spiro atoms. The largest absolute Gasteiger partial charge is 0.481 e. The zero-order valence-corrected chi connectivity index (χ0v) is 41.6. The minimum Gasteiger partial charge on any atom is -0.481 e. The summed E-state index contributed by atoms with van der Waals surface area (Å²) in [6, 6.07) is -16.8. The highest BCUT2D eigenvalue weighted by Crippen LogP contribution is 2.09. The third-order valence-corrected chi connectivity index (χ3v) is 10.5. The van der Waals surface area contributed by atoms with Gasteiger partial charge in [0.05, 0.1) is 31.4 Å². The smallest absolute Gasteiger partial charge is 0.326 e. The second kappa shape index (κ2) is 34.1. The van der Waals surface area contributed by atoms with Gasteiger partial charge in [0, 0.05) is 31.6 Å². The number of nitrogens with zero attached hydrogens (tertiary/aromatic N) is 1. The minimum absolute atomic E-state index is 0.0238. The zero-order chi connectivity index (χ0) is 58.6. The van der Waals surface area contributed by atoms with E-state index in [2.05, 4.69) is 38.9 Å². The van der Waals surface area contributed by atoms with Gasteiger partial charge in [-0.15, -0.1) is 0 Å². The Bertz CT molecular complexity index is 2200. The fourth-order valence-corrected chi connectivity index (χ4v) is 6.51. The van der Waals surface area contributed by atoms with Gasteiger partial charge < -0.3 is 102 Å². The van der Waals surface area contributed by atoms with E-state index in [0.717, 1.165) is 6.92 Å². The maximum atomic E-state index is 13.7. The van der Waals surface area contributed by atoms with Crippen LogP contribution in [-0.4, -0.2) is 193 Å². The van der Waals surface area contributed by atoms with Crippen LogP contribution in [0, 0.1) is 0 Å². The molecular weight excluding hydrogens is 1040 g/mol. The minimum atomic E-state index is -2.16. The summed E-state index contributed by atoms with van der Waals surface area (Å²) in [5, 5.41) is 65.2. The number of hydrogen-bond acceptors (Lipinski definition) is 19. The fourth-order valence-electron chi connectivity index (χ4n) is 6.25. The number of nitrogens with one attached hydrogen (secondary N) is 8. The number of aliphatic hydroxyl groups excluding tert-OH is 1. The molecule has 0 aromatic heterocycles. The summed E-state index contributed by atoms with van der Waals surface area (Å²) in [5.74, 6) is -21.0. The number of primary amides is 3. The summed E-state index contributed by atoms with van der Waals surface area (Å²) in [6.45, 7) is 0.929. The van der Waals surface area contributed by atoms with E-state index in [0.29, 0.717) is 0 Å². The van der Waals surface area contributed by atoms with E-state index in [1.54, 1.807) is 0 Å². The molecule has 0 aliphatic rings. The lowest BCUT2D eigenvalue weighted by molar-refractivity contribution is -0.143. The SMILES string of the molecule is CC(O)C(NC(=O)C(CCC(=O)O)NC(=O)C(CC(=O)O)NC(=O)C(CC(N)=O)NC(=O)C(N)CC(N)=O)C(=O)NC(CS)C(=O)NC(CCC(=O)O)C(=O)NC(CCC(N)=O)C(=O)NC(CCCN=C(N)N)C(=O)O. The Hall–Kier alpha value is -8.41. The lowest BCUT2D eigenvalue weighted by atomic mass is 10.1. The number of amides is 11. The second-order valence-corrected chi connectivity index (χ2v) is 16.9. The van der Waals surface area contributed by atoms with Crippen LogP contribution in [0.3, 0.4) is 0 Å². The number of nitrogens with two attached hydrogens (primary N) is 6. The number of hydrogen-bond donors (Lipinski definition) is 20. The van der Waals surface area contributed by atoms with Gasteiger partial charge in [0.2, 0.25) is 65.0 Å². The first kappa shape index (κ1) is 67.6. The molecular formula is C40H65N15O20S. The lowest BCUT2D eigenvalue weighted by Gasteiger charge is -2.28. The van der Waals surface area contributed by atoms with Crippen LogP contribution >= 0.6 is 12.6 Å². The Morgan fingerprint density at radius 2 is 0.829 bits per heavy atom. The van der Waals surface area contributed by atoms with Crippen molar-refractivity contribution >= 4 is 107 Å². The van der Waals surface area contributed by atoms with Crippen molar-refractivity contribution in [3.63, 3.8) is 0 Å². The molecule has 0 bridgehead atoms. The third kappa shape index (κ3) is 27.6. The predicted octanol–water partition coefficient (Wildman–Crippen LogP) is -10.1. The molecule has 0 saturated carbocycles. The van der Waals surface area contributed by atoms with Gasteiger partial charge in [0.1, 0.15) is 48.3 Å². The van der Waals surface area contributed by atoms with Gasteiger partial charge in [0.25, 0.3) is 0 Å². The van der Waals surface area contributed by atoms with Crippen molar-refractivity contribution in [3.8, 4) is 0 Å². The molecule has 36 heteroatoms. The molecule has 0 aromatic carbocycles. The standard InChI is InChI=1S/C40H65N15O20S/c1-15(56)30(55-34(69)19(6-9-28(62)63)49-36(71)22(13-29(64)65)53-35(70)21(12-26(44)59)52-31(66)16(41)11-25(43)58)38(73)54-23(14-76)37(72)50-18(5-8-27(60)61)32(67)48-17(4-7-24(42)57)33(68)51-20(39(74)75)3-2-10-47-40(45)46/h15-23,30,56,76H,2-14,41H2,1H3,(H2,42,57)(H2,43,58)(H2,44,59)(H,48,67)(H,49,71)(H,50,72)(H,51,68)(H,52,66)(H,53,70)(H,54,73)(H,55,69)(H,60,61)(H,62,63)(H,64,65)(H,74,75)(H4,45,46,47). The monoisotopic (exact) mass is 1110 g/mol. The predicted molar refractivity (Wildman–Crippen MR) is 259 cm³/mol. The summed E-state index contributed by atoms with van der Waals surface area (Å²) in [6.07, 6.45) is -9.22. The maximum Gasteiger partial charge on any atom is 0.326 e. The Morgan fingerprint density at radius 1 is 0.447 bits per heavy atom. The van der Waals surface area contributed by atoms with Crippen molar-refractivity contribution in [1.29, 1.82) is 0 Å². The first-order valence-corrected chi connectivity index (χ1v) is 23.2. The number of guanidine groups is 1. The molecule has 35 nitrogen and oxygen atoms in total. The number of carboxylic acid groups (broad SMARTS) is 4. The summed E-state index contributed by atoms with van der Waals surface area (Å²) >= 11 is 4.02. The average Bonchev–Trinajstić information content (AvgIpc) is 3.30. The van der Waals surface area contributed by atoms with Crippen molar-refractivity contribution in [2.75, 3.05) is 12.3 Å². The molecule has 25 N–H and O–H groups in total. The van der Waals surface area contributed by atoms with Gasteiger partial charge in [-0.3, -0.25) is 72.1 Å². The Balaban J connectivity index is 6.59. The Kier molecular flexibility index (Phi) is 30.4. The maximum absolute atomic E-state index is 13.7. The van der Waals surface area contributed by atoms with Gasteiger partial charge in [-0.05, 0) is 39.0 Å². The Morgan fingerprint density at radius 3 is 1.22 bits per heavy atom. The van der Waals surface area contributed by atoms with Crippen LogP contribution < -0.4 is 76.9 Å². The van der Waals surface area contributed by atoms with Gasteiger partial charge in [-0.25, -0.2) is 4.79 Å². The number of aliphatic imine (C=N–C) groups is 1. The molecule has 10 atom stereocenters. The van der Waals surface area contributed by atoms with Crippen molar-refractivity contribution in [1.82, 2.24) is 42.5 Å². The van der Waals surface area contributed by atoms with Crippen molar-refractivity contribution in [3.05, 3.63) is 0 Å². The molecule has 0 heterocycles. The van der Waals surface area contributed by atoms with Gasteiger partial charge in [-0.1, -0.05) is 0 Å². The number of thiol groups is 1. The average molecular weight is 1110 g/mol. The molecule has 11 amide bonds. The molecule has 10 unspecified atom stereocenters. The quantitative estimate of drug-likeness (QED) is 0.0118. The molecule has 0 aromatic rings. The molecule has 0 radical (unpaired) electrons. The third-order valence-electron chi connectivity index (χ3n) is 10.1. The van der Waals surface area contributed by atoms with E-state index >= 15 is 0 Å². The van der Waals surface area contributed by atoms with Crippen molar-refractivity contribution in [2.45, 2.75) is 138 Å². The molecule has 76 heavy (non-hydrogen) atoms. The highest BCUT2D eigenvalue weighted by atomic mass is 32.1. The number of aliphatic hydroxyl groups is 1. The van der Waals surface area contributed by atoms with Crippen molar-refractivity contribution < 1.29 is 97.5 Å². The van der Waals surface area contributed by atoms with Crippen LogP contribution in [0.15, 0.2) is 4.99 Å². The Labute approximate surface area is 436 Å². The normalized spacial score (nSPS) is 14.7. The molecule has 0 aliphatic carbocycles. The molecule has 0 aliphatic heterocycles. The van der Waals surface area contributed by atoms with E-state index in [1.165, 1.54) is 0 Å². The molecule has 0 fully saturated rings. The number of aliphatic carboxylic acids is 4. The van der Waals surface area contributed by atoms with Crippen LogP contribution in [0.1, 0.15) is 77.6 Å². The van der Waals surface area contributed by atoms with E-state index in [4.69, 9.17) is 34.4 Å². The van der Waals surface area contributed by atoms with Crippen LogP contribution in [-0.2, 0) is 71.9 Å². The van der Waals surface area contributed by atoms with Crippen LogP contribution in [0.25, 0.3) is 0 Å². The lowest BCUT2D eigenvalue weighted by Crippen LogP contribution is -2.62. The summed E-state index contributed by atoms with van der Waals surface area (Å²) in [5.41, 5.74) is 31.5. The summed E-state index contributed by atoms with van der Waals surface area (Å²) < 4.78 is 0. The van der Waals surface area contributed by atoms with E-state index in [9.17, 15) is 97.5 Å². The summed E-state index contributed by atoms with van der Waals surface area (Å²) in [7, 11) is 0. The van der Waals surface area contributed by atoms with Crippen LogP contribution in [0.5, 0.6) is 0 Å². The highest BCUT2D eigenvalue weighted by Gasteiger charge is 2.37. The van der Waals surface area contributed by atoms with Gasteiger partial charge in [0.15, 0.2) is 5.96 Å². The molecule has 0 rings (SSSR count). The second-order valence-electron chi connectivity index (χ2n) is 16.5. The zero-order valence-electron chi connectivity index (χ0n) is 40.7. The first-order chi connectivity index (χ1) is 35.3. The molecule has 0 saturated heterocycles. The van der Waals surface area contributed by atoms with Gasteiger partial charge >= 0.3 is 23.9 Å². The van der Waals surface area contributed by atoms with Gasteiger partial charge in [-0.2, -0.15) is 12.6 Å². The van der Waals surface area contributed by atoms with Crippen LogP contribution in [0.4, 0.5) is 0 Å². The van der Waals surface area contributed by atoms with E-state index < -0.39 is 213 Å². The number of carbonyl (C=O) groups excluding carboxylic acids is 11. The number of rotatable bonds is 38. The summed E-state index contributed by atoms with van der Waals surface area (Å²) in [4.78, 5) is 192. The fraction of sp³-hybridized carbons (Fsp3) is 0.600. The number of carbonyl (C=O) groups is 15. The number of carboxylic acids is 4. The highest BCUT2D eigenvalue weighted by molar-refractivity contribution is 7.80. The van der Waals surface area contributed by atoms with Crippen LogP contribution in [0.2, 0.25) is 0 Å². The van der Waals surface area contributed by atoms with Crippen molar-refractivity contribution in [2.24, 2.45) is 39.4 Å². The van der Waals surface area contributed by atoms with E-state index in [-0.39, 0.29) is 25.3 Å².